The lowest BCUT2D eigenvalue weighted by atomic mass is 10.1. The van der Waals surface area contributed by atoms with Gasteiger partial charge in [-0.1, -0.05) is 6.07 Å². The number of halogens is 3. The van der Waals surface area contributed by atoms with E-state index in [1.807, 2.05) is 0 Å². The van der Waals surface area contributed by atoms with Gasteiger partial charge in [-0.15, -0.1) is 12.4 Å². The van der Waals surface area contributed by atoms with Gasteiger partial charge in [0, 0.05) is 12.1 Å². The standard InChI is InChI=1S/C11H14F2N2O.ClH/c1-7(14)11(16)15-6-5-8-9(12)3-2-4-10(8)13;/h2-4,7H,5-6,14H2,1H3,(H,15,16);1H/t7-;/m0./s1. The quantitative estimate of drug-likeness (QED) is 0.864. The summed E-state index contributed by atoms with van der Waals surface area (Å²) in [5.41, 5.74) is 5.29. The van der Waals surface area contributed by atoms with Gasteiger partial charge in [0.05, 0.1) is 6.04 Å². The first-order chi connectivity index (χ1) is 7.52. The Kier molecular flexibility index (Phi) is 6.68. The minimum absolute atomic E-state index is 0. The van der Waals surface area contributed by atoms with E-state index in [1.54, 1.807) is 6.92 Å². The molecule has 1 atom stereocenters. The smallest absolute Gasteiger partial charge is 0.236 e. The van der Waals surface area contributed by atoms with Crippen molar-refractivity contribution in [2.45, 2.75) is 19.4 Å². The molecule has 0 saturated carbocycles. The fourth-order valence-corrected chi connectivity index (χ4v) is 1.24. The Morgan fingerprint density at radius 3 is 2.41 bits per heavy atom. The number of hydrogen-bond donors (Lipinski definition) is 2. The molecule has 0 aromatic heterocycles. The SMILES string of the molecule is C[C@H](N)C(=O)NCCc1c(F)cccc1F.Cl. The molecule has 3 N–H and O–H groups in total. The van der Waals surface area contributed by atoms with Gasteiger partial charge < -0.3 is 11.1 Å². The van der Waals surface area contributed by atoms with Crippen molar-refractivity contribution >= 4 is 18.3 Å². The van der Waals surface area contributed by atoms with Gasteiger partial charge in [0.1, 0.15) is 11.6 Å². The van der Waals surface area contributed by atoms with Gasteiger partial charge >= 0.3 is 0 Å². The summed E-state index contributed by atoms with van der Waals surface area (Å²) in [6.07, 6.45) is 0.108. The lowest BCUT2D eigenvalue weighted by Crippen LogP contribution is -2.39. The second-order valence-electron chi connectivity index (χ2n) is 3.53. The van der Waals surface area contributed by atoms with Crippen LogP contribution in [0.1, 0.15) is 12.5 Å². The minimum atomic E-state index is -0.620. The molecule has 0 heterocycles. The zero-order valence-electron chi connectivity index (χ0n) is 9.37. The average Bonchev–Trinajstić information content (AvgIpc) is 2.22. The molecule has 1 aromatic rings. The fraction of sp³-hybridized carbons (Fsp3) is 0.364. The maximum atomic E-state index is 13.2. The molecule has 17 heavy (non-hydrogen) atoms. The van der Waals surface area contributed by atoms with Gasteiger partial charge in [0.25, 0.3) is 0 Å². The molecule has 0 fully saturated rings. The average molecular weight is 265 g/mol. The van der Waals surface area contributed by atoms with Crippen molar-refractivity contribution in [2.24, 2.45) is 5.73 Å². The molecule has 0 aliphatic heterocycles. The molecule has 0 aliphatic carbocycles. The van der Waals surface area contributed by atoms with Crippen molar-refractivity contribution in [2.75, 3.05) is 6.54 Å². The third kappa shape index (κ3) is 4.66. The summed E-state index contributed by atoms with van der Waals surface area (Å²) >= 11 is 0. The van der Waals surface area contributed by atoms with Crippen molar-refractivity contribution in [1.82, 2.24) is 5.32 Å². The van der Waals surface area contributed by atoms with E-state index in [2.05, 4.69) is 5.32 Å². The van der Waals surface area contributed by atoms with E-state index in [-0.39, 0.29) is 36.8 Å². The van der Waals surface area contributed by atoms with Gasteiger partial charge in [-0.25, -0.2) is 8.78 Å². The summed E-state index contributed by atoms with van der Waals surface area (Å²) in [6.45, 7) is 1.71. The number of nitrogens with one attached hydrogen (secondary N) is 1. The number of rotatable bonds is 4. The number of amides is 1. The third-order valence-electron chi connectivity index (χ3n) is 2.15. The summed E-state index contributed by atoms with van der Waals surface area (Å²) in [5.74, 6) is -1.54. The van der Waals surface area contributed by atoms with E-state index in [1.165, 1.54) is 18.2 Å². The summed E-state index contributed by atoms with van der Waals surface area (Å²) in [4.78, 5) is 11.1. The number of carbonyl (C=O) groups is 1. The Labute approximate surface area is 105 Å². The number of hydrogen-bond acceptors (Lipinski definition) is 2. The number of benzene rings is 1. The molecule has 0 spiro atoms. The predicted octanol–water partition coefficient (Wildman–Crippen LogP) is 1.39. The Morgan fingerprint density at radius 2 is 1.94 bits per heavy atom. The maximum absolute atomic E-state index is 13.2. The van der Waals surface area contributed by atoms with Crippen molar-refractivity contribution < 1.29 is 13.6 Å². The third-order valence-corrected chi connectivity index (χ3v) is 2.15. The zero-order valence-corrected chi connectivity index (χ0v) is 10.2. The molecule has 0 radical (unpaired) electrons. The molecule has 6 heteroatoms. The second-order valence-corrected chi connectivity index (χ2v) is 3.53. The van der Waals surface area contributed by atoms with E-state index < -0.39 is 17.7 Å². The van der Waals surface area contributed by atoms with Crippen LogP contribution in [0.4, 0.5) is 8.78 Å². The molecule has 0 aliphatic rings. The van der Waals surface area contributed by atoms with Crippen molar-refractivity contribution in [3.05, 3.63) is 35.4 Å². The van der Waals surface area contributed by atoms with Gasteiger partial charge in [0.15, 0.2) is 0 Å². The van der Waals surface area contributed by atoms with Crippen LogP contribution in [-0.2, 0) is 11.2 Å². The van der Waals surface area contributed by atoms with E-state index in [0.717, 1.165) is 0 Å². The minimum Gasteiger partial charge on any atom is -0.354 e. The lowest BCUT2D eigenvalue weighted by Gasteiger charge is -2.08. The van der Waals surface area contributed by atoms with Crippen LogP contribution in [0.5, 0.6) is 0 Å². The monoisotopic (exact) mass is 264 g/mol. The van der Waals surface area contributed by atoms with E-state index in [4.69, 9.17) is 5.73 Å². The molecule has 0 unspecified atom stereocenters. The highest BCUT2D eigenvalue weighted by Gasteiger charge is 2.10. The highest BCUT2D eigenvalue weighted by Crippen LogP contribution is 2.11. The van der Waals surface area contributed by atoms with Crippen LogP contribution in [-0.4, -0.2) is 18.5 Å². The zero-order chi connectivity index (χ0) is 12.1. The summed E-state index contributed by atoms with van der Waals surface area (Å²) in [7, 11) is 0. The highest BCUT2D eigenvalue weighted by atomic mass is 35.5. The van der Waals surface area contributed by atoms with Crippen molar-refractivity contribution in [3.63, 3.8) is 0 Å². The molecular weight excluding hydrogens is 250 g/mol. The van der Waals surface area contributed by atoms with Crippen LogP contribution in [0.2, 0.25) is 0 Å². The maximum Gasteiger partial charge on any atom is 0.236 e. The normalized spacial score (nSPS) is 11.5. The van der Waals surface area contributed by atoms with Crippen molar-refractivity contribution in [3.8, 4) is 0 Å². The van der Waals surface area contributed by atoms with Crippen LogP contribution in [0.3, 0.4) is 0 Å². The molecule has 1 amide bonds. The summed E-state index contributed by atoms with van der Waals surface area (Å²) in [6, 6.07) is 3.05. The molecule has 1 aromatic carbocycles. The summed E-state index contributed by atoms with van der Waals surface area (Å²) < 4.78 is 26.3. The molecular formula is C11H15ClF2N2O. The fourth-order valence-electron chi connectivity index (χ4n) is 1.24. The van der Waals surface area contributed by atoms with E-state index in [9.17, 15) is 13.6 Å². The van der Waals surface area contributed by atoms with E-state index in [0.29, 0.717) is 0 Å². The highest BCUT2D eigenvalue weighted by molar-refractivity contribution is 5.85. The molecule has 3 nitrogen and oxygen atoms in total. The molecule has 0 saturated heterocycles. The van der Waals surface area contributed by atoms with Crippen LogP contribution < -0.4 is 11.1 Å². The first-order valence-corrected chi connectivity index (χ1v) is 4.98. The van der Waals surface area contributed by atoms with Gasteiger partial charge in [0.2, 0.25) is 5.91 Å². The van der Waals surface area contributed by atoms with Gasteiger partial charge in [-0.05, 0) is 25.5 Å². The molecule has 1 rings (SSSR count). The Morgan fingerprint density at radius 1 is 1.41 bits per heavy atom. The largest absolute Gasteiger partial charge is 0.354 e. The summed E-state index contributed by atoms with van der Waals surface area (Å²) in [5, 5.41) is 2.49. The molecule has 0 bridgehead atoms. The van der Waals surface area contributed by atoms with Crippen LogP contribution in [0.15, 0.2) is 18.2 Å². The predicted molar refractivity (Wildman–Crippen MR) is 64.0 cm³/mol. The van der Waals surface area contributed by atoms with Crippen molar-refractivity contribution in [1.29, 1.82) is 0 Å². The topological polar surface area (TPSA) is 55.1 Å². The molecule has 96 valence electrons. The Bertz CT molecular complexity index is 365. The van der Waals surface area contributed by atoms with E-state index >= 15 is 0 Å². The number of carbonyl (C=O) groups excluding carboxylic acids is 1. The van der Waals surface area contributed by atoms with Crippen LogP contribution >= 0.6 is 12.4 Å². The van der Waals surface area contributed by atoms with Gasteiger partial charge in [-0.3, -0.25) is 4.79 Å². The van der Waals surface area contributed by atoms with Gasteiger partial charge in [-0.2, -0.15) is 0 Å². The van der Waals surface area contributed by atoms with Crippen LogP contribution in [0.25, 0.3) is 0 Å². The Hall–Kier alpha value is -1.20. The lowest BCUT2D eigenvalue weighted by molar-refractivity contribution is -0.121. The Balaban J connectivity index is 0.00000256. The second kappa shape index (κ2) is 7.19. The first-order valence-electron chi connectivity index (χ1n) is 4.98. The number of nitrogens with two attached hydrogens (primary N) is 1. The first kappa shape index (κ1) is 15.8. The van der Waals surface area contributed by atoms with Crippen LogP contribution in [0, 0.1) is 11.6 Å².